The van der Waals surface area contributed by atoms with Crippen molar-refractivity contribution in [1.29, 1.82) is 0 Å². The minimum atomic E-state index is -4.72. The van der Waals surface area contributed by atoms with Crippen molar-refractivity contribution in [3.05, 3.63) is 75.3 Å². The fourth-order valence-corrected chi connectivity index (χ4v) is 2.68. The van der Waals surface area contributed by atoms with Gasteiger partial charge in [-0.3, -0.25) is 4.79 Å². The van der Waals surface area contributed by atoms with Crippen LogP contribution in [0, 0.1) is 0 Å². The molecule has 0 radical (unpaired) electrons. The molecule has 0 heterocycles. The van der Waals surface area contributed by atoms with Gasteiger partial charge in [0.05, 0.1) is 5.57 Å². The van der Waals surface area contributed by atoms with E-state index in [0.29, 0.717) is 6.08 Å². The molecule has 2 aromatic rings. The van der Waals surface area contributed by atoms with Gasteiger partial charge < -0.3 is 0 Å². The first-order valence-electron chi connectivity index (χ1n) is 7.09. The topological polar surface area (TPSA) is 17.1 Å². The number of halogens is 5. The Labute approximate surface area is 147 Å². The Morgan fingerprint density at radius 3 is 2.00 bits per heavy atom. The molecule has 0 aliphatic carbocycles. The van der Waals surface area contributed by atoms with E-state index in [1.165, 1.54) is 18.2 Å². The zero-order chi connectivity index (χ0) is 17.9. The number of alkyl halides is 3. The Morgan fingerprint density at radius 2 is 1.54 bits per heavy atom. The molecule has 0 atom stereocenters. The van der Waals surface area contributed by atoms with E-state index < -0.39 is 17.5 Å². The Morgan fingerprint density at radius 1 is 1.00 bits per heavy atom. The Bertz CT molecular complexity index is 758. The van der Waals surface area contributed by atoms with Crippen molar-refractivity contribution < 1.29 is 18.0 Å². The standard InChI is InChI=1S/C18H13Cl2F3O/c1-2-11-3-5-12(6-4-11)17(24)10-16(18(21,22)23)13-7-14(19)9-15(20)8-13/h3-10H,2H2,1H3/b16-10-. The van der Waals surface area contributed by atoms with E-state index in [0.717, 1.165) is 24.1 Å². The number of benzene rings is 2. The molecule has 0 aliphatic heterocycles. The van der Waals surface area contributed by atoms with Crippen molar-refractivity contribution >= 4 is 34.6 Å². The van der Waals surface area contributed by atoms with Gasteiger partial charge in [-0.15, -0.1) is 0 Å². The number of hydrogen-bond donors (Lipinski definition) is 0. The first-order valence-corrected chi connectivity index (χ1v) is 7.85. The van der Waals surface area contributed by atoms with Crippen LogP contribution in [0.15, 0.2) is 48.5 Å². The summed E-state index contributed by atoms with van der Waals surface area (Å²) >= 11 is 11.5. The van der Waals surface area contributed by atoms with Gasteiger partial charge in [0.2, 0.25) is 0 Å². The normalized spacial score (nSPS) is 12.3. The minimum Gasteiger partial charge on any atom is -0.289 e. The van der Waals surface area contributed by atoms with Crippen LogP contribution in [-0.4, -0.2) is 12.0 Å². The van der Waals surface area contributed by atoms with E-state index >= 15 is 0 Å². The van der Waals surface area contributed by atoms with Crippen LogP contribution in [0.25, 0.3) is 5.57 Å². The lowest BCUT2D eigenvalue weighted by Crippen LogP contribution is -2.13. The number of rotatable bonds is 4. The SMILES string of the molecule is CCc1ccc(C(=O)/C=C(/c2cc(Cl)cc(Cl)c2)C(F)(F)F)cc1. The third-order valence-electron chi connectivity index (χ3n) is 3.40. The molecular formula is C18H13Cl2F3O. The minimum absolute atomic E-state index is 0.0624. The second kappa shape index (κ2) is 7.41. The number of aryl methyl sites for hydroxylation is 1. The largest absolute Gasteiger partial charge is 0.417 e. The number of carbonyl (C=O) groups excluding carboxylic acids is 1. The van der Waals surface area contributed by atoms with Gasteiger partial charge in [-0.2, -0.15) is 13.2 Å². The maximum atomic E-state index is 13.4. The van der Waals surface area contributed by atoms with Gasteiger partial charge in [-0.25, -0.2) is 0 Å². The average molecular weight is 373 g/mol. The van der Waals surface area contributed by atoms with E-state index in [2.05, 4.69) is 0 Å². The molecule has 0 N–H and O–H groups in total. The summed E-state index contributed by atoms with van der Waals surface area (Å²) in [6, 6.07) is 10.0. The molecule has 0 saturated carbocycles. The molecular weight excluding hydrogens is 360 g/mol. The molecule has 2 rings (SSSR count). The van der Waals surface area contributed by atoms with E-state index in [1.807, 2.05) is 6.92 Å². The summed E-state index contributed by atoms with van der Waals surface area (Å²) < 4.78 is 40.1. The van der Waals surface area contributed by atoms with Gasteiger partial charge in [0, 0.05) is 15.6 Å². The van der Waals surface area contributed by atoms with Crippen molar-refractivity contribution in [2.45, 2.75) is 19.5 Å². The lowest BCUT2D eigenvalue weighted by atomic mass is 10.0. The van der Waals surface area contributed by atoms with Crippen molar-refractivity contribution in [2.75, 3.05) is 0 Å². The lowest BCUT2D eigenvalue weighted by Gasteiger charge is -2.13. The number of carbonyl (C=O) groups is 1. The molecule has 0 fully saturated rings. The number of hydrogen-bond acceptors (Lipinski definition) is 1. The van der Waals surface area contributed by atoms with Crippen molar-refractivity contribution in [3.63, 3.8) is 0 Å². The first-order chi connectivity index (χ1) is 11.2. The van der Waals surface area contributed by atoms with Gasteiger partial charge in [-0.05, 0) is 41.8 Å². The third-order valence-corrected chi connectivity index (χ3v) is 3.84. The highest BCUT2D eigenvalue weighted by Gasteiger charge is 2.35. The van der Waals surface area contributed by atoms with Gasteiger partial charge in [0.15, 0.2) is 5.78 Å². The van der Waals surface area contributed by atoms with E-state index in [1.54, 1.807) is 12.1 Å². The summed E-state index contributed by atoms with van der Waals surface area (Å²) in [4.78, 5) is 12.2. The van der Waals surface area contributed by atoms with Crippen molar-refractivity contribution in [1.82, 2.24) is 0 Å². The van der Waals surface area contributed by atoms with Gasteiger partial charge in [0.25, 0.3) is 0 Å². The fraction of sp³-hybridized carbons (Fsp3) is 0.167. The Balaban J connectivity index is 2.47. The summed E-state index contributed by atoms with van der Waals surface area (Å²) in [5, 5.41) is 0.125. The van der Waals surface area contributed by atoms with Crippen LogP contribution in [0.4, 0.5) is 13.2 Å². The van der Waals surface area contributed by atoms with Crippen LogP contribution in [0.2, 0.25) is 10.0 Å². The van der Waals surface area contributed by atoms with Crippen LogP contribution < -0.4 is 0 Å². The average Bonchev–Trinajstić information content (AvgIpc) is 2.50. The first kappa shape index (κ1) is 18.6. The van der Waals surface area contributed by atoms with Gasteiger partial charge in [-0.1, -0.05) is 54.4 Å². The predicted octanol–water partition coefficient (Wildman–Crippen LogP) is 6.38. The molecule has 126 valence electrons. The molecule has 0 aromatic heterocycles. The second-order valence-electron chi connectivity index (χ2n) is 5.13. The molecule has 6 heteroatoms. The molecule has 0 unspecified atom stereocenters. The molecule has 0 saturated heterocycles. The third kappa shape index (κ3) is 4.62. The van der Waals surface area contributed by atoms with Crippen LogP contribution >= 0.6 is 23.2 Å². The van der Waals surface area contributed by atoms with Crippen molar-refractivity contribution in [3.8, 4) is 0 Å². The van der Waals surface area contributed by atoms with Crippen molar-refractivity contribution in [2.24, 2.45) is 0 Å². The summed E-state index contributed by atoms with van der Waals surface area (Å²) in [6.07, 6.45) is -3.37. The molecule has 0 amide bonds. The maximum Gasteiger partial charge on any atom is 0.417 e. The highest BCUT2D eigenvalue weighted by atomic mass is 35.5. The predicted molar refractivity (Wildman–Crippen MR) is 90.6 cm³/mol. The second-order valence-corrected chi connectivity index (χ2v) is 6.00. The fourth-order valence-electron chi connectivity index (χ4n) is 2.16. The van der Waals surface area contributed by atoms with Gasteiger partial charge in [0.1, 0.15) is 0 Å². The monoisotopic (exact) mass is 372 g/mol. The Hall–Kier alpha value is -1.78. The zero-order valence-corrected chi connectivity index (χ0v) is 14.1. The molecule has 24 heavy (non-hydrogen) atoms. The maximum absolute atomic E-state index is 13.4. The molecule has 1 nitrogen and oxygen atoms in total. The van der Waals surface area contributed by atoms with E-state index in [9.17, 15) is 18.0 Å². The number of allylic oxidation sites excluding steroid dienone is 2. The highest BCUT2D eigenvalue weighted by Crippen LogP contribution is 2.36. The highest BCUT2D eigenvalue weighted by molar-refractivity contribution is 6.35. The van der Waals surface area contributed by atoms with Gasteiger partial charge >= 0.3 is 6.18 Å². The molecule has 2 aromatic carbocycles. The molecule has 0 aliphatic rings. The summed E-state index contributed by atoms with van der Waals surface area (Å²) in [6.45, 7) is 1.95. The number of ketones is 1. The quantitative estimate of drug-likeness (QED) is 0.449. The molecule has 0 spiro atoms. The van der Waals surface area contributed by atoms with Crippen LogP contribution in [0.3, 0.4) is 0 Å². The van der Waals surface area contributed by atoms with Crippen LogP contribution in [0.5, 0.6) is 0 Å². The van der Waals surface area contributed by atoms with Crippen LogP contribution in [0.1, 0.15) is 28.4 Å². The smallest absolute Gasteiger partial charge is 0.289 e. The summed E-state index contributed by atoms with van der Waals surface area (Å²) in [7, 11) is 0. The lowest BCUT2D eigenvalue weighted by molar-refractivity contribution is -0.0689. The van der Waals surface area contributed by atoms with E-state index in [-0.39, 0.29) is 21.2 Å². The van der Waals surface area contributed by atoms with E-state index in [4.69, 9.17) is 23.2 Å². The summed E-state index contributed by atoms with van der Waals surface area (Å²) in [5.74, 6) is -0.735. The summed E-state index contributed by atoms with van der Waals surface area (Å²) in [5.41, 5.74) is -0.162. The zero-order valence-electron chi connectivity index (χ0n) is 12.6. The van der Waals surface area contributed by atoms with Crippen LogP contribution in [-0.2, 0) is 6.42 Å². The Kier molecular flexibility index (Phi) is 5.73. The molecule has 0 bridgehead atoms.